The zero-order valence-electron chi connectivity index (χ0n) is 6.32. The summed E-state index contributed by atoms with van der Waals surface area (Å²) in [6.07, 6.45) is 6.60. The molecule has 0 fully saturated rings. The fourth-order valence-electron chi connectivity index (χ4n) is 0.733. The van der Waals surface area contributed by atoms with Crippen molar-refractivity contribution >= 4 is 0 Å². The Morgan fingerprint density at radius 3 is 2.67 bits per heavy atom. The predicted octanol–water partition coefficient (Wildman–Crippen LogP) is 3.31. The van der Waals surface area contributed by atoms with Crippen LogP contribution in [0, 0.1) is 0 Å². The van der Waals surface area contributed by atoms with Crippen molar-refractivity contribution in [1.29, 1.82) is 0 Å². The minimum absolute atomic E-state index is 0.986. The first-order valence-electron chi connectivity index (χ1n) is 3.58. The molecule has 0 heterocycles. The molecule has 0 bridgehead atoms. The van der Waals surface area contributed by atoms with Crippen LogP contribution in [0.25, 0.3) is 0 Å². The van der Waals surface area contributed by atoms with Crippen LogP contribution in [0.5, 0.6) is 0 Å². The van der Waals surface area contributed by atoms with E-state index in [9.17, 15) is 0 Å². The molecule has 0 aromatic heterocycles. The highest BCUT2D eigenvalue weighted by atomic mass is 13.9. The molecule has 0 aliphatic rings. The molecule has 9 heavy (non-hydrogen) atoms. The van der Waals surface area contributed by atoms with Gasteiger partial charge in [-0.2, -0.15) is 0 Å². The molecule has 0 aliphatic carbocycles. The van der Waals surface area contributed by atoms with E-state index in [0.717, 1.165) is 6.42 Å². The first-order valence-corrected chi connectivity index (χ1v) is 3.58. The van der Waals surface area contributed by atoms with E-state index in [2.05, 4.69) is 20.1 Å². The lowest BCUT2D eigenvalue weighted by atomic mass is 10.1. The molecule has 0 N–H and O–H groups in total. The van der Waals surface area contributed by atoms with Crippen LogP contribution in [0.3, 0.4) is 0 Å². The molecule has 0 atom stereocenters. The Balaban J connectivity index is 3.16. The highest BCUT2D eigenvalue weighted by molar-refractivity contribution is 4.99. The molecular formula is C9H16. The standard InChI is InChI=1S/C9H16/c1-4-6-8-9(3)7-5-2/h5H,2-4,6-8H2,1H3. The van der Waals surface area contributed by atoms with Crippen LogP contribution in [-0.2, 0) is 0 Å². The van der Waals surface area contributed by atoms with E-state index in [1.54, 1.807) is 0 Å². The molecule has 0 unspecified atom stereocenters. The molecule has 0 saturated heterocycles. The van der Waals surface area contributed by atoms with Gasteiger partial charge in [0.1, 0.15) is 0 Å². The summed E-state index contributed by atoms with van der Waals surface area (Å²) in [5.74, 6) is 0. The van der Waals surface area contributed by atoms with Crippen molar-refractivity contribution in [3.8, 4) is 0 Å². The second-order valence-corrected chi connectivity index (χ2v) is 2.35. The van der Waals surface area contributed by atoms with Crippen LogP contribution in [0.15, 0.2) is 24.8 Å². The normalized spacial score (nSPS) is 9.00. The molecule has 52 valence electrons. The molecule has 0 nitrogen and oxygen atoms in total. The van der Waals surface area contributed by atoms with Gasteiger partial charge >= 0.3 is 0 Å². The Morgan fingerprint density at radius 1 is 1.56 bits per heavy atom. The van der Waals surface area contributed by atoms with Crippen molar-refractivity contribution in [3.05, 3.63) is 24.8 Å². The van der Waals surface area contributed by atoms with E-state index in [-0.39, 0.29) is 0 Å². The molecule has 0 saturated carbocycles. The van der Waals surface area contributed by atoms with E-state index >= 15 is 0 Å². The van der Waals surface area contributed by atoms with E-state index in [1.807, 2.05) is 6.08 Å². The summed E-state index contributed by atoms with van der Waals surface area (Å²) in [7, 11) is 0. The van der Waals surface area contributed by atoms with Crippen molar-refractivity contribution < 1.29 is 0 Å². The Hall–Kier alpha value is -0.520. The second-order valence-electron chi connectivity index (χ2n) is 2.35. The van der Waals surface area contributed by atoms with Gasteiger partial charge in [-0.05, 0) is 19.3 Å². The SMILES string of the molecule is C=CCC(=C)CCCC. The Labute approximate surface area is 58.3 Å². The second kappa shape index (κ2) is 5.61. The summed E-state index contributed by atoms with van der Waals surface area (Å²) >= 11 is 0. The van der Waals surface area contributed by atoms with Crippen LogP contribution in [0.2, 0.25) is 0 Å². The first-order chi connectivity index (χ1) is 4.31. The number of hydrogen-bond acceptors (Lipinski definition) is 0. The summed E-state index contributed by atoms with van der Waals surface area (Å²) in [5.41, 5.74) is 1.31. The third kappa shape index (κ3) is 5.35. The number of rotatable bonds is 5. The van der Waals surface area contributed by atoms with Crippen LogP contribution >= 0.6 is 0 Å². The topological polar surface area (TPSA) is 0 Å². The van der Waals surface area contributed by atoms with Crippen LogP contribution < -0.4 is 0 Å². The lowest BCUT2D eigenvalue weighted by Crippen LogP contribution is -1.78. The quantitative estimate of drug-likeness (QED) is 0.493. The van der Waals surface area contributed by atoms with E-state index in [1.165, 1.54) is 24.8 Å². The first kappa shape index (κ1) is 8.48. The van der Waals surface area contributed by atoms with Crippen molar-refractivity contribution in [3.63, 3.8) is 0 Å². The van der Waals surface area contributed by atoms with Crippen molar-refractivity contribution in [1.82, 2.24) is 0 Å². The maximum Gasteiger partial charge on any atom is -0.0144 e. The van der Waals surface area contributed by atoms with Crippen molar-refractivity contribution in [2.75, 3.05) is 0 Å². The van der Waals surface area contributed by atoms with E-state index in [4.69, 9.17) is 0 Å². The fraction of sp³-hybridized carbons (Fsp3) is 0.556. The van der Waals surface area contributed by atoms with Crippen LogP contribution in [0.1, 0.15) is 32.6 Å². The summed E-state index contributed by atoms with van der Waals surface area (Å²) < 4.78 is 0. The number of hydrogen-bond donors (Lipinski definition) is 0. The van der Waals surface area contributed by atoms with Crippen LogP contribution in [-0.4, -0.2) is 0 Å². The van der Waals surface area contributed by atoms with Gasteiger partial charge in [-0.15, -0.1) is 6.58 Å². The summed E-state index contributed by atoms with van der Waals surface area (Å²) in [4.78, 5) is 0. The highest BCUT2D eigenvalue weighted by Gasteiger charge is 1.88. The molecule has 0 rings (SSSR count). The molecular weight excluding hydrogens is 108 g/mol. The molecule has 0 amide bonds. The van der Waals surface area contributed by atoms with Gasteiger partial charge in [-0.25, -0.2) is 0 Å². The molecule has 0 aromatic carbocycles. The fourth-order valence-corrected chi connectivity index (χ4v) is 0.733. The monoisotopic (exact) mass is 124 g/mol. The lowest BCUT2D eigenvalue weighted by Gasteiger charge is -1.98. The average Bonchev–Trinajstić information content (AvgIpc) is 1.85. The maximum atomic E-state index is 3.91. The summed E-state index contributed by atoms with van der Waals surface area (Å²) in [6.45, 7) is 9.75. The van der Waals surface area contributed by atoms with Gasteiger partial charge in [0.2, 0.25) is 0 Å². The van der Waals surface area contributed by atoms with Crippen molar-refractivity contribution in [2.24, 2.45) is 0 Å². The molecule has 0 aromatic rings. The number of allylic oxidation sites excluding steroid dienone is 2. The van der Waals surface area contributed by atoms with Gasteiger partial charge < -0.3 is 0 Å². The zero-order chi connectivity index (χ0) is 7.11. The predicted molar refractivity (Wildman–Crippen MR) is 43.5 cm³/mol. The third-order valence-corrected chi connectivity index (χ3v) is 1.32. The smallest absolute Gasteiger partial charge is 0.0144 e. The van der Waals surface area contributed by atoms with Gasteiger partial charge in [-0.1, -0.05) is 31.6 Å². The molecule has 0 aliphatic heterocycles. The van der Waals surface area contributed by atoms with E-state index in [0.29, 0.717) is 0 Å². The molecule has 0 spiro atoms. The van der Waals surface area contributed by atoms with E-state index < -0.39 is 0 Å². The Kier molecular flexibility index (Phi) is 5.29. The van der Waals surface area contributed by atoms with Gasteiger partial charge in [0.05, 0.1) is 0 Å². The summed E-state index contributed by atoms with van der Waals surface area (Å²) in [6, 6.07) is 0. The minimum atomic E-state index is 0.986. The lowest BCUT2D eigenvalue weighted by molar-refractivity contribution is 0.778. The van der Waals surface area contributed by atoms with Gasteiger partial charge in [0.15, 0.2) is 0 Å². The Bertz CT molecular complexity index is 90.2. The van der Waals surface area contributed by atoms with Gasteiger partial charge in [0.25, 0.3) is 0 Å². The number of unbranched alkanes of at least 4 members (excludes halogenated alkanes) is 1. The summed E-state index contributed by atoms with van der Waals surface area (Å²) in [5, 5.41) is 0. The van der Waals surface area contributed by atoms with Gasteiger partial charge in [-0.3, -0.25) is 0 Å². The zero-order valence-corrected chi connectivity index (χ0v) is 6.32. The minimum Gasteiger partial charge on any atom is -0.103 e. The van der Waals surface area contributed by atoms with Crippen LogP contribution in [0.4, 0.5) is 0 Å². The molecule has 0 radical (unpaired) electrons. The Morgan fingerprint density at radius 2 is 2.22 bits per heavy atom. The average molecular weight is 124 g/mol. The largest absolute Gasteiger partial charge is 0.103 e. The highest BCUT2D eigenvalue weighted by Crippen LogP contribution is 2.08. The van der Waals surface area contributed by atoms with Crippen molar-refractivity contribution in [2.45, 2.75) is 32.6 Å². The molecule has 0 heteroatoms. The maximum absolute atomic E-state index is 3.91. The third-order valence-electron chi connectivity index (χ3n) is 1.32. The van der Waals surface area contributed by atoms with Gasteiger partial charge in [0, 0.05) is 0 Å².